The molecule has 0 amide bonds. The molecule has 0 N–H and O–H groups in total. The van der Waals surface area contributed by atoms with Crippen molar-refractivity contribution in [2.75, 3.05) is 6.61 Å². The van der Waals surface area contributed by atoms with Gasteiger partial charge in [-0.3, -0.25) is 0 Å². The van der Waals surface area contributed by atoms with Crippen molar-refractivity contribution in [1.82, 2.24) is 0 Å². The maximum absolute atomic E-state index is 5.36. The Morgan fingerprint density at radius 2 is 1.90 bits per heavy atom. The second-order valence-corrected chi connectivity index (χ2v) is 2.16. The van der Waals surface area contributed by atoms with E-state index in [-0.39, 0.29) is 0 Å². The second kappa shape index (κ2) is 3.94. The number of rotatable bonds is 3. The van der Waals surface area contributed by atoms with Gasteiger partial charge in [0.1, 0.15) is 5.75 Å². The molecule has 0 unspecified atom stereocenters. The Morgan fingerprint density at radius 3 is 2.50 bits per heavy atom. The first kappa shape index (κ1) is 7.13. The molecule has 0 aliphatic rings. The van der Waals surface area contributed by atoms with Crippen LogP contribution in [0.25, 0.3) is 0 Å². The molecule has 1 aromatic rings. The smallest absolute Gasteiger partial charge is 0.119 e. The standard InChI is InChI=1S/C9H12O/c1-2-8-10-9-6-4-3-5-7-9/h3-7H,2,8H2,1H3/i3+1,4+1,5+1,6+1,7+1,9+1. The maximum Gasteiger partial charge on any atom is 0.119 e. The Bertz CT molecular complexity index is 169. The topological polar surface area (TPSA) is 9.23 Å². The van der Waals surface area contributed by atoms with Gasteiger partial charge in [-0.15, -0.1) is 0 Å². The highest BCUT2D eigenvalue weighted by molar-refractivity contribution is 5.20. The quantitative estimate of drug-likeness (QED) is 0.630. The van der Waals surface area contributed by atoms with Crippen molar-refractivity contribution in [3.05, 3.63) is 30.3 Å². The number of benzene rings is 1. The molecule has 0 atom stereocenters. The van der Waals surface area contributed by atoms with Gasteiger partial charge in [0.2, 0.25) is 0 Å². The first-order chi connectivity index (χ1) is 4.93. The van der Waals surface area contributed by atoms with Crippen LogP contribution in [-0.4, -0.2) is 6.61 Å². The van der Waals surface area contributed by atoms with Crippen molar-refractivity contribution in [3.8, 4) is 5.75 Å². The lowest BCUT2D eigenvalue weighted by atomic mass is 10.5. The van der Waals surface area contributed by atoms with E-state index in [1.54, 1.807) is 0 Å². The molecular weight excluding hydrogens is 130 g/mol. The summed E-state index contributed by atoms with van der Waals surface area (Å²) >= 11 is 0. The summed E-state index contributed by atoms with van der Waals surface area (Å²) < 4.78 is 5.36. The normalized spacial score (nSPS) is 9.30. The van der Waals surface area contributed by atoms with E-state index < -0.39 is 0 Å². The van der Waals surface area contributed by atoms with Crippen molar-refractivity contribution < 1.29 is 4.74 Å². The summed E-state index contributed by atoms with van der Waals surface area (Å²) in [6.07, 6.45) is 1.06. The average Bonchev–Trinajstić information content (AvgIpc) is 2.03. The van der Waals surface area contributed by atoms with Gasteiger partial charge in [-0.2, -0.15) is 0 Å². The fourth-order valence-electron chi connectivity index (χ4n) is 0.737. The molecule has 0 saturated carbocycles. The summed E-state index contributed by atoms with van der Waals surface area (Å²) in [5, 5.41) is 0. The average molecular weight is 142 g/mol. The second-order valence-electron chi connectivity index (χ2n) is 2.16. The number of para-hydroxylation sites is 1. The van der Waals surface area contributed by atoms with Crippen LogP contribution in [0.2, 0.25) is 0 Å². The highest BCUT2D eigenvalue weighted by Crippen LogP contribution is 2.07. The largest absolute Gasteiger partial charge is 0.494 e. The lowest BCUT2D eigenvalue weighted by molar-refractivity contribution is 0.317. The number of ether oxygens (including phenoxy) is 1. The van der Waals surface area contributed by atoms with Crippen LogP contribution >= 0.6 is 0 Å². The predicted octanol–water partition coefficient (Wildman–Crippen LogP) is 2.48. The summed E-state index contributed by atoms with van der Waals surface area (Å²) in [6, 6.07) is 9.88. The van der Waals surface area contributed by atoms with Gasteiger partial charge in [-0.05, 0) is 18.6 Å². The van der Waals surface area contributed by atoms with Crippen LogP contribution in [0.3, 0.4) is 0 Å². The SMILES string of the molecule is CCCO[13c]1[13cH][13cH][13cH][13cH][13cH]1. The Hall–Kier alpha value is -0.980. The molecule has 10 heavy (non-hydrogen) atoms. The van der Waals surface area contributed by atoms with Gasteiger partial charge in [0.15, 0.2) is 0 Å². The van der Waals surface area contributed by atoms with Crippen LogP contribution < -0.4 is 4.74 Å². The van der Waals surface area contributed by atoms with Gasteiger partial charge in [-0.1, -0.05) is 25.1 Å². The molecule has 0 radical (unpaired) electrons. The molecule has 0 aliphatic carbocycles. The molecule has 0 aromatic heterocycles. The van der Waals surface area contributed by atoms with E-state index in [2.05, 4.69) is 6.92 Å². The van der Waals surface area contributed by atoms with Crippen LogP contribution in [0, 0.1) is 0 Å². The van der Waals surface area contributed by atoms with Gasteiger partial charge in [0.25, 0.3) is 0 Å². The molecule has 0 heterocycles. The van der Waals surface area contributed by atoms with Gasteiger partial charge >= 0.3 is 0 Å². The summed E-state index contributed by atoms with van der Waals surface area (Å²) in [7, 11) is 0. The monoisotopic (exact) mass is 142 g/mol. The van der Waals surface area contributed by atoms with Gasteiger partial charge in [-0.25, -0.2) is 0 Å². The van der Waals surface area contributed by atoms with Crippen LogP contribution in [0.4, 0.5) is 0 Å². The Morgan fingerprint density at radius 1 is 1.20 bits per heavy atom. The molecule has 1 aromatic carbocycles. The molecule has 0 aliphatic heterocycles. The third-order valence-corrected chi connectivity index (χ3v) is 1.22. The molecular formula is C9H12O. The van der Waals surface area contributed by atoms with Crippen molar-refractivity contribution in [3.63, 3.8) is 0 Å². The first-order valence-electron chi connectivity index (χ1n) is 3.61. The molecule has 0 fully saturated rings. The van der Waals surface area contributed by atoms with Gasteiger partial charge in [0.05, 0.1) is 6.61 Å². The lowest BCUT2D eigenvalue weighted by Gasteiger charge is -2.01. The van der Waals surface area contributed by atoms with E-state index in [4.69, 9.17) is 4.74 Å². The first-order valence-corrected chi connectivity index (χ1v) is 3.61. The van der Waals surface area contributed by atoms with E-state index >= 15 is 0 Å². The third-order valence-electron chi connectivity index (χ3n) is 1.22. The number of hydrogen-bond donors (Lipinski definition) is 0. The van der Waals surface area contributed by atoms with Gasteiger partial charge in [0, 0.05) is 0 Å². The van der Waals surface area contributed by atoms with Crippen molar-refractivity contribution in [2.24, 2.45) is 0 Å². The van der Waals surface area contributed by atoms with E-state index in [0.717, 1.165) is 18.8 Å². The fraction of sp³-hybridized carbons (Fsp3) is 0.333. The molecule has 1 rings (SSSR count). The molecule has 0 saturated heterocycles. The Balaban J connectivity index is 2.43. The van der Waals surface area contributed by atoms with Crippen molar-refractivity contribution in [1.29, 1.82) is 0 Å². The zero-order valence-electron chi connectivity index (χ0n) is 6.21. The summed E-state index contributed by atoms with van der Waals surface area (Å²) in [5.41, 5.74) is 0. The van der Waals surface area contributed by atoms with Crippen molar-refractivity contribution >= 4 is 0 Å². The van der Waals surface area contributed by atoms with Crippen LogP contribution in [0.15, 0.2) is 30.3 Å². The zero-order valence-corrected chi connectivity index (χ0v) is 6.21. The molecule has 0 spiro atoms. The molecule has 54 valence electrons. The predicted molar refractivity (Wildman–Crippen MR) is 42.2 cm³/mol. The fourth-order valence-corrected chi connectivity index (χ4v) is 0.737. The summed E-state index contributed by atoms with van der Waals surface area (Å²) in [5.74, 6) is 0.962. The summed E-state index contributed by atoms with van der Waals surface area (Å²) in [6.45, 7) is 2.91. The Kier molecular flexibility index (Phi) is 2.81. The minimum Gasteiger partial charge on any atom is -0.494 e. The molecule has 1 heteroatoms. The lowest BCUT2D eigenvalue weighted by Crippen LogP contribution is -1.93. The zero-order chi connectivity index (χ0) is 7.23. The van der Waals surface area contributed by atoms with Crippen LogP contribution in [0.1, 0.15) is 13.3 Å². The molecule has 1 nitrogen and oxygen atoms in total. The summed E-state index contributed by atoms with van der Waals surface area (Å²) in [4.78, 5) is 0. The maximum atomic E-state index is 5.36. The molecule has 0 bridgehead atoms. The van der Waals surface area contributed by atoms with Gasteiger partial charge < -0.3 is 4.74 Å². The Labute approximate surface area is 61.6 Å². The van der Waals surface area contributed by atoms with Crippen LogP contribution in [-0.2, 0) is 0 Å². The minimum atomic E-state index is 0.810. The van der Waals surface area contributed by atoms with E-state index in [9.17, 15) is 0 Å². The minimum absolute atomic E-state index is 0.810. The highest BCUT2D eigenvalue weighted by Gasteiger charge is 1.86. The van der Waals surface area contributed by atoms with E-state index in [0.29, 0.717) is 0 Å². The number of hydrogen-bond acceptors (Lipinski definition) is 1. The van der Waals surface area contributed by atoms with E-state index in [1.807, 2.05) is 30.3 Å². The van der Waals surface area contributed by atoms with E-state index in [1.165, 1.54) is 0 Å². The highest BCUT2D eigenvalue weighted by atomic mass is 16.5. The van der Waals surface area contributed by atoms with Crippen molar-refractivity contribution in [2.45, 2.75) is 13.3 Å². The van der Waals surface area contributed by atoms with Crippen LogP contribution in [0.5, 0.6) is 5.75 Å². The third kappa shape index (κ3) is 2.09.